The molecule has 1 aliphatic rings. The lowest BCUT2D eigenvalue weighted by molar-refractivity contribution is 0.0435. The number of nitrogens with zero attached hydrogens (tertiary/aromatic N) is 2. The van der Waals surface area contributed by atoms with E-state index >= 15 is 0 Å². The van der Waals surface area contributed by atoms with Gasteiger partial charge >= 0.3 is 0 Å². The summed E-state index contributed by atoms with van der Waals surface area (Å²) in [6, 6.07) is 10.2. The van der Waals surface area contributed by atoms with Crippen LogP contribution in [0.1, 0.15) is 37.0 Å². The first kappa shape index (κ1) is 14.2. The average molecular weight is 287 g/mol. The van der Waals surface area contributed by atoms with E-state index in [4.69, 9.17) is 9.26 Å². The van der Waals surface area contributed by atoms with Gasteiger partial charge in [-0.3, -0.25) is 0 Å². The lowest BCUT2D eigenvalue weighted by Gasteiger charge is -2.34. The van der Waals surface area contributed by atoms with Gasteiger partial charge in [0.05, 0.1) is 6.54 Å². The van der Waals surface area contributed by atoms with Gasteiger partial charge in [-0.1, -0.05) is 35.5 Å². The van der Waals surface area contributed by atoms with Crippen molar-refractivity contribution in [3.8, 4) is 0 Å². The number of benzene rings is 1. The maximum absolute atomic E-state index is 5.40. The molecule has 5 nitrogen and oxygen atoms in total. The van der Waals surface area contributed by atoms with Gasteiger partial charge < -0.3 is 14.6 Å². The van der Waals surface area contributed by atoms with Crippen LogP contribution in [0.5, 0.6) is 0 Å². The van der Waals surface area contributed by atoms with Crippen molar-refractivity contribution in [1.82, 2.24) is 15.5 Å². The second-order valence-corrected chi connectivity index (χ2v) is 5.79. The molecule has 5 heteroatoms. The van der Waals surface area contributed by atoms with Crippen LogP contribution in [-0.4, -0.2) is 28.9 Å². The van der Waals surface area contributed by atoms with Crippen LogP contribution in [0.2, 0.25) is 0 Å². The molecule has 21 heavy (non-hydrogen) atoms. The molecule has 3 rings (SSSR count). The SMILES string of the molecule is CC1(NCc2nc(Cc3ccccc3)no2)CCOCC1. The van der Waals surface area contributed by atoms with Gasteiger partial charge in [-0.2, -0.15) is 4.98 Å². The Labute approximate surface area is 124 Å². The van der Waals surface area contributed by atoms with Crippen LogP contribution >= 0.6 is 0 Å². The van der Waals surface area contributed by atoms with Crippen LogP contribution in [0.4, 0.5) is 0 Å². The summed E-state index contributed by atoms with van der Waals surface area (Å²) < 4.78 is 10.7. The molecule has 2 aromatic rings. The summed E-state index contributed by atoms with van der Waals surface area (Å²) in [5, 5.41) is 7.56. The van der Waals surface area contributed by atoms with E-state index in [1.165, 1.54) is 5.56 Å². The maximum Gasteiger partial charge on any atom is 0.240 e. The minimum absolute atomic E-state index is 0.103. The molecule has 1 fully saturated rings. The fourth-order valence-electron chi connectivity index (χ4n) is 2.50. The first-order valence-electron chi connectivity index (χ1n) is 7.42. The first-order chi connectivity index (χ1) is 10.2. The molecular formula is C16H21N3O2. The lowest BCUT2D eigenvalue weighted by atomic mass is 9.92. The molecule has 0 atom stereocenters. The molecule has 1 aromatic heterocycles. The van der Waals surface area contributed by atoms with Gasteiger partial charge in [0.1, 0.15) is 0 Å². The van der Waals surface area contributed by atoms with Crippen molar-refractivity contribution < 1.29 is 9.26 Å². The Morgan fingerprint density at radius 2 is 1.95 bits per heavy atom. The predicted octanol–water partition coefficient (Wildman–Crippen LogP) is 2.32. The summed E-state index contributed by atoms with van der Waals surface area (Å²) in [7, 11) is 0. The zero-order valence-corrected chi connectivity index (χ0v) is 12.3. The van der Waals surface area contributed by atoms with Crippen LogP contribution in [0, 0.1) is 0 Å². The second kappa shape index (κ2) is 6.37. The fraction of sp³-hybridized carbons (Fsp3) is 0.500. The van der Waals surface area contributed by atoms with Crippen LogP contribution in [0.25, 0.3) is 0 Å². The third kappa shape index (κ3) is 3.89. The maximum atomic E-state index is 5.40. The van der Waals surface area contributed by atoms with Crippen molar-refractivity contribution in [2.45, 2.75) is 38.3 Å². The van der Waals surface area contributed by atoms with Gasteiger partial charge in [0.15, 0.2) is 5.82 Å². The topological polar surface area (TPSA) is 60.2 Å². The molecule has 112 valence electrons. The third-order valence-electron chi connectivity index (χ3n) is 3.98. The molecule has 0 saturated carbocycles. The summed E-state index contributed by atoms with van der Waals surface area (Å²) in [6.07, 6.45) is 2.73. The number of aromatic nitrogens is 2. The van der Waals surface area contributed by atoms with E-state index in [1.807, 2.05) is 18.2 Å². The van der Waals surface area contributed by atoms with Crippen molar-refractivity contribution >= 4 is 0 Å². The highest BCUT2D eigenvalue weighted by Crippen LogP contribution is 2.20. The average Bonchev–Trinajstić information content (AvgIpc) is 2.95. The van der Waals surface area contributed by atoms with Gasteiger partial charge in [-0.25, -0.2) is 0 Å². The van der Waals surface area contributed by atoms with Crippen molar-refractivity contribution in [3.63, 3.8) is 0 Å². The number of hydrogen-bond acceptors (Lipinski definition) is 5. The molecule has 0 radical (unpaired) electrons. The standard InChI is InChI=1S/C16H21N3O2/c1-16(7-9-20-10-8-16)17-12-15-18-14(19-21-15)11-13-5-3-2-4-6-13/h2-6,17H,7-12H2,1H3. The number of rotatable bonds is 5. The molecule has 0 unspecified atom stereocenters. The Morgan fingerprint density at radius 3 is 2.71 bits per heavy atom. The molecule has 1 aliphatic heterocycles. The zero-order chi connectivity index (χ0) is 14.5. The molecule has 0 bridgehead atoms. The Balaban J connectivity index is 1.55. The van der Waals surface area contributed by atoms with Crippen molar-refractivity contribution in [2.24, 2.45) is 0 Å². The summed E-state index contributed by atoms with van der Waals surface area (Å²) in [5.74, 6) is 1.38. The number of nitrogens with one attached hydrogen (secondary N) is 1. The van der Waals surface area contributed by atoms with Crippen LogP contribution in [0.3, 0.4) is 0 Å². The van der Waals surface area contributed by atoms with Crippen LogP contribution < -0.4 is 5.32 Å². The Morgan fingerprint density at radius 1 is 1.19 bits per heavy atom. The highest BCUT2D eigenvalue weighted by Gasteiger charge is 2.27. The molecule has 1 N–H and O–H groups in total. The van der Waals surface area contributed by atoms with Crippen LogP contribution in [-0.2, 0) is 17.7 Å². The fourth-order valence-corrected chi connectivity index (χ4v) is 2.50. The summed E-state index contributed by atoms with van der Waals surface area (Å²) in [6.45, 7) is 4.45. The predicted molar refractivity (Wildman–Crippen MR) is 78.8 cm³/mol. The zero-order valence-electron chi connectivity index (χ0n) is 12.3. The highest BCUT2D eigenvalue weighted by molar-refractivity contribution is 5.18. The number of ether oxygens (including phenoxy) is 1. The largest absolute Gasteiger partial charge is 0.381 e. The molecule has 0 spiro atoms. The smallest absolute Gasteiger partial charge is 0.240 e. The van der Waals surface area contributed by atoms with Crippen LogP contribution in [0.15, 0.2) is 34.9 Å². The normalized spacial score (nSPS) is 17.8. The van der Waals surface area contributed by atoms with E-state index in [0.717, 1.165) is 31.9 Å². The van der Waals surface area contributed by atoms with Gasteiger partial charge in [0, 0.05) is 25.2 Å². The van der Waals surface area contributed by atoms with Crippen molar-refractivity contribution in [2.75, 3.05) is 13.2 Å². The van der Waals surface area contributed by atoms with E-state index in [0.29, 0.717) is 18.9 Å². The minimum Gasteiger partial charge on any atom is -0.381 e. The Hall–Kier alpha value is -1.72. The molecule has 2 heterocycles. The quantitative estimate of drug-likeness (QED) is 0.914. The molecule has 1 aromatic carbocycles. The molecular weight excluding hydrogens is 266 g/mol. The first-order valence-corrected chi connectivity index (χ1v) is 7.42. The van der Waals surface area contributed by atoms with Gasteiger partial charge in [0.2, 0.25) is 5.89 Å². The number of hydrogen-bond donors (Lipinski definition) is 1. The monoisotopic (exact) mass is 287 g/mol. The van der Waals surface area contributed by atoms with E-state index in [-0.39, 0.29) is 5.54 Å². The van der Waals surface area contributed by atoms with Gasteiger partial charge in [-0.15, -0.1) is 0 Å². The highest BCUT2D eigenvalue weighted by atomic mass is 16.5. The Kier molecular flexibility index (Phi) is 4.31. The van der Waals surface area contributed by atoms with Crippen molar-refractivity contribution in [3.05, 3.63) is 47.6 Å². The minimum atomic E-state index is 0.103. The second-order valence-electron chi connectivity index (χ2n) is 5.79. The van der Waals surface area contributed by atoms with E-state index in [9.17, 15) is 0 Å². The van der Waals surface area contributed by atoms with E-state index in [1.54, 1.807) is 0 Å². The Bertz CT molecular complexity index is 562. The van der Waals surface area contributed by atoms with E-state index < -0.39 is 0 Å². The summed E-state index contributed by atoms with van der Waals surface area (Å²) in [5.41, 5.74) is 1.29. The van der Waals surface area contributed by atoms with E-state index in [2.05, 4.69) is 34.5 Å². The van der Waals surface area contributed by atoms with Gasteiger partial charge in [-0.05, 0) is 25.3 Å². The lowest BCUT2D eigenvalue weighted by Crippen LogP contribution is -2.46. The third-order valence-corrected chi connectivity index (χ3v) is 3.98. The summed E-state index contributed by atoms with van der Waals surface area (Å²) >= 11 is 0. The molecule has 0 aliphatic carbocycles. The van der Waals surface area contributed by atoms with Crippen molar-refractivity contribution in [1.29, 1.82) is 0 Å². The molecule has 0 amide bonds. The van der Waals surface area contributed by atoms with Gasteiger partial charge in [0.25, 0.3) is 0 Å². The summed E-state index contributed by atoms with van der Waals surface area (Å²) in [4.78, 5) is 4.45. The molecule has 1 saturated heterocycles.